The molecule has 0 spiro atoms. The summed E-state index contributed by atoms with van der Waals surface area (Å²) in [7, 11) is 1.79. The van der Waals surface area contributed by atoms with Crippen LogP contribution in [0.4, 0.5) is 0 Å². The molecule has 7 nitrogen and oxygen atoms in total. The van der Waals surface area contributed by atoms with Crippen molar-refractivity contribution in [1.29, 1.82) is 0 Å². The minimum Gasteiger partial charge on any atom is -0.356 e. The zero-order chi connectivity index (χ0) is 16.2. The Bertz CT molecular complexity index is 493. The number of guanidine groups is 1. The number of aromatic amines is 2. The maximum atomic E-state index is 4.22. The molecular weight excluding hydrogens is 330 g/mol. The van der Waals surface area contributed by atoms with E-state index in [4.69, 9.17) is 0 Å². The van der Waals surface area contributed by atoms with Crippen LogP contribution in [0, 0.1) is 0 Å². The zero-order valence-corrected chi connectivity index (χ0v) is 14.8. The number of hydrogen-bond donors (Lipinski definition) is 4. The molecule has 4 N–H and O–H groups in total. The Morgan fingerprint density at radius 3 is 1.91 bits per heavy atom. The minimum absolute atomic E-state index is 0.853. The monoisotopic (exact) mass is 353 g/mol. The van der Waals surface area contributed by atoms with Gasteiger partial charge in [-0.15, -0.1) is 0 Å². The lowest BCUT2D eigenvalue weighted by atomic mass is 10.6. The summed E-state index contributed by atoms with van der Waals surface area (Å²) in [6.45, 7) is 1.77. The third-order valence-corrected chi connectivity index (χ3v) is 4.90. The SMILES string of the molecule is CN=C(NCCSCc1c[nH]cn1)NCCSCc1c[nH]cn1. The lowest BCUT2D eigenvalue weighted by Gasteiger charge is -2.11. The molecule has 0 aliphatic carbocycles. The third kappa shape index (κ3) is 7.47. The number of hydrogen-bond acceptors (Lipinski definition) is 5. The van der Waals surface area contributed by atoms with Crippen molar-refractivity contribution in [1.82, 2.24) is 30.6 Å². The summed E-state index contributed by atoms with van der Waals surface area (Å²) in [6, 6.07) is 0. The first-order chi connectivity index (χ1) is 11.4. The van der Waals surface area contributed by atoms with E-state index in [0.717, 1.165) is 53.4 Å². The van der Waals surface area contributed by atoms with Gasteiger partial charge in [-0.3, -0.25) is 4.99 Å². The second kappa shape index (κ2) is 11.0. The summed E-state index contributed by atoms with van der Waals surface area (Å²) in [5, 5.41) is 6.63. The van der Waals surface area contributed by atoms with Crippen LogP contribution in [-0.2, 0) is 11.5 Å². The molecule has 0 unspecified atom stereocenters. The number of nitrogens with one attached hydrogen (secondary N) is 4. The maximum absolute atomic E-state index is 4.22. The molecule has 9 heteroatoms. The molecule has 0 bridgehead atoms. The van der Waals surface area contributed by atoms with Gasteiger partial charge in [-0.2, -0.15) is 23.5 Å². The number of imidazole rings is 2. The van der Waals surface area contributed by atoms with Gasteiger partial charge in [0.2, 0.25) is 0 Å². The van der Waals surface area contributed by atoms with E-state index in [-0.39, 0.29) is 0 Å². The summed E-state index contributed by atoms with van der Waals surface area (Å²) >= 11 is 3.70. The van der Waals surface area contributed by atoms with E-state index >= 15 is 0 Å². The van der Waals surface area contributed by atoms with Crippen LogP contribution in [0.15, 0.2) is 30.0 Å². The Hall–Kier alpha value is -1.61. The second-order valence-electron chi connectivity index (χ2n) is 4.65. The summed E-state index contributed by atoms with van der Waals surface area (Å²) < 4.78 is 0. The molecule has 2 aromatic rings. The van der Waals surface area contributed by atoms with Gasteiger partial charge >= 0.3 is 0 Å². The van der Waals surface area contributed by atoms with Crippen LogP contribution < -0.4 is 10.6 Å². The highest BCUT2D eigenvalue weighted by Gasteiger charge is 1.99. The molecule has 0 aliphatic heterocycles. The highest BCUT2D eigenvalue weighted by Crippen LogP contribution is 2.08. The number of aromatic nitrogens is 4. The Morgan fingerprint density at radius 2 is 1.52 bits per heavy atom. The molecule has 0 amide bonds. The van der Waals surface area contributed by atoms with Crippen molar-refractivity contribution in [3.05, 3.63) is 36.4 Å². The largest absolute Gasteiger partial charge is 0.356 e. The van der Waals surface area contributed by atoms with Gasteiger partial charge in [-0.05, 0) is 0 Å². The van der Waals surface area contributed by atoms with Crippen molar-refractivity contribution >= 4 is 29.5 Å². The van der Waals surface area contributed by atoms with Crippen molar-refractivity contribution in [2.45, 2.75) is 11.5 Å². The summed E-state index contributed by atoms with van der Waals surface area (Å²) in [5.41, 5.74) is 2.18. The maximum Gasteiger partial charge on any atom is 0.191 e. The van der Waals surface area contributed by atoms with Crippen molar-refractivity contribution in [2.24, 2.45) is 4.99 Å². The van der Waals surface area contributed by atoms with Crippen LogP contribution in [0.1, 0.15) is 11.4 Å². The smallest absolute Gasteiger partial charge is 0.191 e. The van der Waals surface area contributed by atoms with Crippen molar-refractivity contribution < 1.29 is 0 Å². The van der Waals surface area contributed by atoms with Crippen LogP contribution in [-0.4, -0.2) is 57.5 Å². The van der Waals surface area contributed by atoms with E-state index in [1.54, 1.807) is 19.7 Å². The van der Waals surface area contributed by atoms with Crippen LogP contribution in [0.2, 0.25) is 0 Å². The van der Waals surface area contributed by atoms with Gasteiger partial charge < -0.3 is 20.6 Å². The van der Waals surface area contributed by atoms with Crippen molar-refractivity contribution in [2.75, 3.05) is 31.6 Å². The molecule has 2 aromatic heterocycles. The number of nitrogens with zero attached hydrogens (tertiary/aromatic N) is 3. The molecule has 0 saturated heterocycles. The van der Waals surface area contributed by atoms with E-state index in [2.05, 4.69) is 35.6 Å². The lowest BCUT2D eigenvalue weighted by Crippen LogP contribution is -2.39. The first-order valence-corrected chi connectivity index (χ1v) is 9.74. The van der Waals surface area contributed by atoms with E-state index in [9.17, 15) is 0 Å². The molecule has 23 heavy (non-hydrogen) atoms. The topological polar surface area (TPSA) is 93.8 Å². The van der Waals surface area contributed by atoms with E-state index in [1.165, 1.54) is 0 Å². The van der Waals surface area contributed by atoms with Crippen LogP contribution in [0.25, 0.3) is 0 Å². The fourth-order valence-electron chi connectivity index (χ4n) is 1.80. The number of thioether (sulfide) groups is 2. The highest BCUT2D eigenvalue weighted by molar-refractivity contribution is 7.98. The predicted octanol–water partition coefficient (Wildman–Crippen LogP) is 1.46. The minimum atomic E-state index is 0.853. The summed E-state index contributed by atoms with van der Waals surface area (Å²) in [6.07, 6.45) is 7.29. The molecule has 2 heterocycles. The molecule has 0 radical (unpaired) electrons. The third-order valence-electron chi connectivity index (χ3n) is 2.91. The summed E-state index contributed by atoms with van der Waals surface area (Å²) in [5.74, 6) is 4.75. The number of H-pyrrole nitrogens is 2. The van der Waals surface area contributed by atoms with Gasteiger partial charge in [0.15, 0.2) is 5.96 Å². The van der Waals surface area contributed by atoms with Crippen molar-refractivity contribution in [3.63, 3.8) is 0 Å². The Labute approximate surface area is 145 Å². The van der Waals surface area contributed by atoms with Crippen LogP contribution >= 0.6 is 23.5 Å². The molecule has 126 valence electrons. The average molecular weight is 354 g/mol. The average Bonchev–Trinajstić information content (AvgIpc) is 3.26. The molecular formula is C14H23N7S2. The van der Waals surface area contributed by atoms with Gasteiger partial charge in [0.25, 0.3) is 0 Å². The number of aliphatic imine (C=N–C) groups is 1. The normalized spacial score (nSPS) is 10.5. The fraction of sp³-hybridized carbons (Fsp3) is 0.500. The zero-order valence-electron chi connectivity index (χ0n) is 13.2. The van der Waals surface area contributed by atoms with Gasteiger partial charge in [-0.1, -0.05) is 0 Å². The Kier molecular flexibility index (Phi) is 8.49. The highest BCUT2D eigenvalue weighted by atomic mass is 32.2. The fourth-order valence-corrected chi connectivity index (χ4v) is 3.31. The summed E-state index contributed by atoms with van der Waals surface area (Å²) in [4.78, 5) is 18.6. The molecule has 0 aromatic carbocycles. The quantitative estimate of drug-likeness (QED) is 0.294. The van der Waals surface area contributed by atoms with Gasteiger partial charge in [0.1, 0.15) is 0 Å². The van der Waals surface area contributed by atoms with Gasteiger partial charge in [0, 0.05) is 55.5 Å². The second-order valence-corrected chi connectivity index (χ2v) is 6.86. The van der Waals surface area contributed by atoms with Gasteiger partial charge in [0.05, 0.1) is 24.0 Å². The number of rotatable bonds is 10. The van der Waals surface area contributed by atoms with Gasteiger partial charge in [-0.25, -0.2) is 9.97 Å². The lowest BCUT2D eigenvalue weighted by molar-refractivity contribution is 0.864. The predicted molar refractivity (Wildman–Crippen MR) is 98.9 cm³/mol. The first kappa shape index (κ1) is 17.7. The standard InChI is InChI=1S/C14H23N7S2/c1-15-14(18-2-4-22-8-12-6-16-10-20-12)19-3-5-23-9-13-7-17-11-21-13/h6-7,10-11H,2-5,8-9H2,1H3,(H,16,20)(H,17,21)(H2,15,18,19). The molecule has 0 fully saturated rings. The first-order valence-electron chi connectivity index (χ1n) is 7.44. The van der Waals surface area contributed by atoms with Crippen LogP contribution in [0.3, 0.4) is 0 Å². The van der Waals surface area contributed by atoms with Crippen molar-refractivity contribution in [3.8, 4) is 0 Å². The van der Waals surface area contributed by atoms with E-state index < -0.39 is 0 Å². The van der Waals surface area contributed by atoms with E-state index in [1.807, 2.05) is 35.9 Å². The molecule has 0 atom stereocenters. The molecule has 0 saturated carbocycles. The van der Waals surface area contributed by atoms with Crippen LogP contribution in [0.5, 0.6) is 0 Å². The molecule has 2 rings (SSSR count). The Balaban J connectivity index is 1.46. The molecule has 0 aliphatic rings. The van der Waals surface area contributed by atoms with E-state index in [0.29, 0.717) is 0 Å². The Morgan fingerprint density at radius 1 is 1.00 bits per heavy atom.